The van der Waals surface area contributed by atoms with E-state index < -0.39 is 0 Å². The zero-order chi connectivity index (χ0) is 18.3. The summed E-state index contributed by atoms with van der Waals surface area (Å²) in [5.74, 6) is 1.53. The van der Waals surface area contributed by atoms with Crippen LogP contribution >= 0.6 is 0 Å². The Morgan fingerprint density at radius 3 is 2.65 bits per heavy atom. The van der Waals surface area contributed by atoms with Crippen molar-refractivity contribution in [2.24, 2.45) is 7.05 Å². The van der Waals surface area contributed by atoms with Crippen molar-refractivity contribution in [3.05, 3.63) is 58.5 Å². The molecule has 0 fully saturated rings. The molecular weight excluding hydrogens is 330 g/mol. The molecule has 0 spiro atoms. The van der Waals surface area contributed by atoms with Gasteiger partial charge in [-0.1, -0.05) is 12.1 Å². The second kappa shape index (κ2) is 6.11. The number of methoxy groups -OCH3 is 1. The van der Waals surface area contributed by atoms with Crippen molar-refractivity contribution < 1.29 is 4.74 Å². The van der Waals surface area contributed by atoms with Gasteiger partial charge in [0.2, 0.25) is 11.9 Å². The molecule has 0 radical (unpaired) electrons. The van der Waals surface area contributed by atoms with E-state index in [2.05, 4.69) is 20.3 Å². The van der Waals surface area contributed by atoms with E-state index in [0.717, 1.165) is 27.9 Å². The highest BCUT2D eigenvalue weighted by molar-refractivity contribution is 5.84. The zero-order valence-electron chi connectivity index (χ0n) is 14.6. The lowest BCUT2D eigenvalue weighted by Crippen LogP contribution is -2.16. The first-order chi connectivity index (χ1) is 12.6. The molecule has 0 bridgehead atoms. The standard InChI is InChI=1S/C19H17N5O2/c1-11-14-10-12(26-3)8-9-15(14)21-18(20-11)23-19-22-17(25)13-6-4-5-7-16(13)24(19)2/h4-10H,1-3H3,(H,20,21,22,23,25). The third kappa shape index (κ3) is 2.63. The van der Waals surface area contributed by atoms with Crippen LogP contribution in [0, 0.1) is 6.92 Å². The molecule has 0 saturated heterocycles. The van der Waals surface area contributed by atoms with Gasteiger partial charge in [0.15, 0.2) is 0 Å². The molecule has 0 aliphatic rings. The fourth-order valence-corrected chi connectivity index (χ4v) is 2.95. The summed E-state index contributed by atoms with van der Waals surface area (Å²) in [4.78, 5) is 25.4. The quantitative estimate of drug-likeness (QED) is 0.614. The van der Waals surface area contributed by atoms with Gasteiger partial charge in [0, 0.05) is 12.4 Å². The van der Waals surface area contributed by atoms with Crippen LogP contribution in [0.1, 0.15) is 5.69 Å². The molecule has 7 heteroatoms. The lowest BCUT2D eigenvalue weighted by Gasteiger charge is -2.13. The Hall–Kier alpha value is -3.48. The van der Waals surface area contributed by atoms with Crippen molar-refractivity contribution in [3.63, 3.8) is 0 Å². The van der Waals surface area contributed by atoms with E-state index in [1.54, 1.807) is 13.2 Å². The highest BCUT2D eigenvalue weighted by Gasteiger charge is 2.11. The van der Waals surface area contributed by atoms with Gasteiger partial charge in [-0.3, -0.25) is 10.1 Å². The third-order valence-electron chi connectivity index (χ3n) is 4.34. The van der Waals surface area contributed by atoms with Crippen LogP contribution in [-0.4, -0.2) is 26.6 Å². The number of nitrogens with one attached hydrogen (secondary N) is 1. The van der Waals surface area contributed by atoms with Crippen LogP contribution in [-0.2, 0) is 7.05 Å². The molecule has 0 atom stereocenters. The van der Waals surface area contributed by atoms with Crippen molar-refractivity contribution in [1.29, 1.82) is 0 Å². The van der Waals surface area contributed by atoms with Crippen LogP contribution < -0.4 is 15.6 Å². The molecule has 2 heterocycles. The molecule has 0 saturated carbocycles. The van der Waals surface area contributed by atoms with Crippen LogP contribution in [0.5, 0.6) is 5.75 Å². The molecule has 1 N–H and O–H groups in total. The monoisotopic (exact) mass is 347 g/mol. The summed E-state index contributed by atoms with van der Waals surface area (Å²) in [6, 6.07) is 13.0. The molecule has 4 rings (SSSR count). The first-order valence-electron chi connectivity index (χ1n) is 8.12. The Bertz CT molecular complexity index is 1200. The smallest absolute Gasteiger partial charge is 0.282 e. The van der Waals surface area contributed by atoms with E-state index in [1.807, 2.05) is 54.9 Å². The fraction of sp³-hybridized carbons (Fsp3) is 0.158. The molecule has 4 aromatic rings. The van der Waals surface area contributed by atoms with E-state index in [9.17, 15) is 4.79 Å². The van der Waals surface area contributed by atoms with Crippen molar-refractivity contribution in [3.8, 4) is 5.75 Å². The van der Waals surface area contributed by atoms with Gasteiger partial charge in [-0.25, -0.2) is 9.97 Å². The number of hydrogen-bond acceptors (Lipinski definition) is 6. The van der Waals surface area contributed by atoms with Gasteiger partial charge in [0.25, 0.3) is 5.56 Å². The van der Waals surface area contributed by atoms with Gasteiger partial charge in [-0.15, -0.1) is 0 Å². The second-order valence-electron chi connectivity index (χ2n) is 5.96. The number of ether oxygens (including phenoxy) is 1. The number of hydrogen-bond donors (Lipinski definition) is 1. The van der Waals surface area contributed by atoms with Crippen LogP contribution in [0.15, 0.2) is 47.3 Å². The third-order valence-corrected chi connectivity index (χ3v) is 4.34. The molecule has 0 aliphatic carbocycles. The zero-order valence-corrected chi connectivity index (χ0v) is 14.6. The first kappa shape index (κ1) is 16.0. The minimum Gasteiger partial charge on any atom is -0.497 e. The van der Waals surface area contributed by atoms with Gasteiger partial charge < -0.3 is 9.30 Å². The number of benzene rings is 2. The van der Waals surface area contributed by atoms with Crippen molar-refractivity contribution in [2.75, 3.05) is 12.4 Å². The SMILES string of the molecule is COc1ccc2nc(Nc3nc(=O)c4ccccc4n3C)nc(C)c2c1. The predicted molar refractivity (Wildman–Crippen MR) is 101 cm³/mol. The van der Waals surface area contributed by atoms with E-state index in [0.29, 0.717) is 17.3 Å². The number of aromatic nitrogens is 4. The molecule has 0 unspecified atom stereocenters. The molecule has 2 aromatic carbocycles. The number of rotatable bonds is 3. The van der Waals surface area contributed by atoms with Crippen LogP contribution in [0.25, 0.3) is 21.8 Å². The van der Waals surface area contributed by atoms with Gasteiger partial charge in [0.1, 0.15) is 5.75 Å². The average Bonchev–Trinajstić information content (AvgIpc) is 2.66. The van der Waals surface area contributed by atoms with Crippen LogP contribution in [0.3, 0.4) is 0 Å². The Morgan fingerprint density at radius 2 is 1.85 bits per heavy atom. The molecule has 0 amide bonds. The lowest BCUT2D eigenvalue weighted by atomic mass is 10.2. The van der Waals surface area contributed by atoms with Crippen molar-refractivity contribution >= 4 is 33.7 Å². The number of aryl methyl sites for hydroxylation is 2. The summed E-state index contributed by atoms with van der Waals surface area (Å²) in [5, 5.41) is 4.55. The summed E-state index contributed by atoms with van der Waals surface area (Å²) in [6.45, 7) is 1.90. The van der Waals surface area contributed by atoms with Gasteiger partial charge in [0.05, 0.1) is 29.2 Å². The first-order valence-corrected chi connectivity index (χ1v) is 8.12. The average molecular weight is 347 g/mol. The Morgan fingerprint density at radius 1 is 1.04 bits per heavy atom. The van der Waals surface area contributed by atoms with E-state index in [4.69, 9.17) is 4.74 Å². The minimum atomic E-state index is -0.288. The minimum absolute atomic E-state index is 0.288. The van der Waals surface area contributed by atoms with Crippen molar-refractivity contribution in [1.82, 2.24) is 19.5 Å². The number of nitrogens with zero attached hydrogens (tertiary/aromatic N) is 4. The normalized spacial score (nSPS) is 11.0. The molecule has 0 aliphatic heterocycles. The fourth-order valence-electron chi connectivity index (χ4n) is 2.95. The molecule has 7 nitrogen and oxygen atoms in total. The molecule has 26 heavy (non-hydrogen) atoms. The Kier molecular flexibility index (Phi) is 3.76. The number of fused-ring (bicyclic) bond motifs is 2. The summed E-state index contributed by atoms with van der Waals surface area (Å²) < 4.78 is 7.07. The summed E-state index contributed by atoms with van der Waals surface area (Å²) in [6.07, 6.45) is 0. The summed E-state index contributed by atoms with van der Waals surface area (Å²) >= 11 is 0. The molecule has 130 valence electrons. The topological polar surface area (TPSA) is 81.9 Å². The largest absolute Gasteiger partial charge is 0.497 e. The van der Waals surface area contributed by atoms with E-state index in [1.165, 1.54) is 0 Å². The van der Waals surface area contributed by atoms with Gasteiger partial charge in [-0.2, -0.15) is 4.98 Å². The van der Waals surface area contributed by atoms with Crippen LogP contribution in [0.2, 0.25) is 0 Å². The maximum atomic E-state index is 12.3. The number of anilines is 2. The second-order valence-corrected chi connectivity index (χ2v) is 5.96. The van der Waals surface area contributed by atoms with Gasteiger partial charge in [-0.05, 0) is 37.3 Å². The Balaban J connectivity index is 1.81. The van der Waals surface area contributed by atoms with Gasteiger partial charge >= 0.3 is 0 Å². The lowest BCUT2D eigenvalue weighted by molar-refractivity contribution is 0.415. The molecule has 2 aromatic heterocycles. The number of para-hydroxylation sites is 1. The van der Waals surface area contributed by atoms with E-state index >= 15 is 0 Å². The predicted octanol–water partition coefficient (Wildman–Crippen LogP) is 2.94. The highest BCUT2D eigenvalue weighted by atomic mass is 16.5. The summed E-state index contributed by atoms with van der Waals surface area (Å²) in [7, 11) is 3.47. The highest BCUT2D eigenvalue weighted by Crippen LogP contribution is 2.23. The maximum Gasteiger partial charge on any atom is 0.282 e. The van der Waals surface area contributed by atoms with E-state index in [-0.39, 0.29) is 5.56 Å². The summed E-state index contributed by atoms with van der Waals surface area (Å²) in [5.41, 5.74) is 2.09. The molecular formula is C19H17N5O2. The van der Waals surface area contributed by atoms with Crippen molar-refractivity contribution in [2.45, 2.75) is 6.92 Å². The van der Waals surface area contributed by atoms with Crippen LogP contribution in [0.4, 0.5) is 11.9 Å². The maximum absolute atomic E-state index is 12.3. The Labute approximate surface area is 149 Å².